The van der Waals surface area contributed by atoms with Crippen LogP contribution in [-0.4, -0.2) is 29.8 Å². The van der Waals surface area contributed by atoms with Gasteiger partial charge in [0, 0.05) is 30.6 Å². The van der Waals surface area contributed by atoms with Crippen molar-refractivity contribution < 1.29 is 27.5 Å². The second-order valence-electron chi connectivity index (χ2n) is 6.36. The van der Waals surface area contributed by atoms with Gasteiger partial charge >= 0.3 is 12.2 Å². The highest BCUT2D eigenvalue weighted by atomic mass is 19.4. The molecule has 11 heteroatoms. The molecule has 2 aromatic carbocycles. The number of carbonyl (C=O) groups excluding carboxylic acids is 2. The van der Waals surface area contributed by atoms with Gasteiger partial charge in [-0.3, -0.25) is 15.2 Å². The van der Waals surface area contributed by atoms with Crippen molar-refractivity contribution in [3.05, 3.63) is 66.1 Å². The molecule has 0 saturated carbocycles. The number of nitrogens with zero attached hydrogens (tertiary/aromatic N) is 2. The number of alkyl halides is 3. The van der Waals surface area contributed by atoms with Gasteiger partial charge in [0.2, 0.25) is 11.8 Å². The number of anilines is 2. The van der Waals surface area contributed by atoms with E-state index in [1.54, 1.807) is 36.6 Å². The van der Waals surface area contributed by atoms with Crippen LogP contribution in [0.2, 0.25) is 0 Å². The minimum absolute atomic E-state index is 0.0104. The highest BCUT2D eigenvalue weighted by Gasteiger charge is 2.30. The van der Waals surface area contributed by atoms with E-state index in [0.29, 0.717) is 17.3 Å². The molecule has 1 aliphatic heterocycles. The van der Waals surface area contributed by atoms with Crippen LogP contribution in [-0.2, 0) is 11.0 Å². The Morgan fingerprint density at radius 1 is 1.06 bits per heavy atom. The highest BCUT2D eigenvalue weighted by Crippen LogP contribution is 2.30. The maximum atomic E-state index is 12.8. The van der Waals surface area contributed by atoms with Crippen LogP contribution in [0.3, 0.4) is 0 Å². The third-order valence-electron chi connectivity index (χ3n) is 3.89. The quantitative estimate of drug-likeness (QED) is 0.665. The molecule has 3 N–H and O–H groups in total. The summed E-state index contributed by atoms with van der Waals surface area (Å²) in [4.78, 5) is 27.4. The van der Waals surface area contributed by atoms with E-state index in [-0.39, 0.29) is 18.3 Å². The van der Waals surface area contributed by atoms with Gasteiger partial charge in [-0.2, -0.15) is 13.2 Å². The summed E-state index contributed by atoms with van der Waals surface area (Å²) in [5.74, 6) is 0.506. The summed E-state index contributed by atoms with van der Waals surface area (Å²) in [7, 11) is 0. The first kappa shape index (κ1) is 21.7. The monoisotopic (exact) mass is 433 g/mol. The molecule has 0 radical (unpaired) electrons. The topological polar surface area (TPSA) is 95.1 Å². The molecule has 162 valence electrons. The molecule has 0 unspecified atom stereocenters. The van der Waals surface area contributed by atoms with Crippen molar-refractivity contribution in [3.8, 4) is 5.75 Å². The molecule has 0 spiro atoms. The van der Waals surface area contributed by atoms with E-state index in [1.807, 2.05) is 0 Å². The standard InChI is InChI=1S/C20H18F3N5O3/c1-13(29)27-28-12-24-10-9-18(28)31-17-7-5-15(6-8-17)25-19(30)26-16-4-2-3-14(11-16)20(21,22)23/h2-11H,12H2,1H3,(H,27,29)(H2,25,26,30). The van der Waals surface area contributed by atoms with Crippen molar-refractivity contribution in [2.75, 3.05) is 17.3 Å². The Kier molecular flexibility index (Phi) is 6.43. The van der Waals surface area contributed by atoms with Gasteiger partial charge in [0.05, 0.1) is 5.56 Å². The van der Waals surface area contributed by atoms with Crippen molar-refractivity contribution in [2.45, 2.75) is 13.1 Å². The van der Waals surface area contributed by atoms with Crippen LogP contribution in [0.1, 0.15) is 12.5 Å². The number of rotatable bonds is 5. The predicted molar refractivity (Wildman–Crippen MR) is 108 cm³/mol. The van der Waals surface area contributed by atoms with Crippen LogP contribution in [0.15, 0.2) is 65.5 Å². The molecule has 3 rings (SSSR count). The predicted octanol–water partition coefficient (Wildman–Crippen LogP) is 3.96. The van der Waals surface area contributed by atoms with Crippen LogP contribution in [0.4, 0.5) is 29.3 Å². The van der Waals surface area contributed by atoms with E-state index < -0.39 is 17.8 Å². The Bertz CT molecular complexity index is 1020. The molecule has 0 bridgehead atoms. The first-order valence-corrected chi connectivity index (χ1v) is 8.99. The largest absolute Gasteiger partial charge is 0.439 e. The smallest absolute Gasteiger partial charge is 0.416 e. The molecule has 0 aromatic heterocycles. The summed E-state index contributed by atoms with van der Waals surface area (Å²) in [6.45, 7) is 1.56. The van der Waals surface area contributed by atoms with Gasteiger partial charge in [0.15, 0.2) is 0 Å². The van der Waals surface area contributed by atoms with Gasteiger partial charge in [-0.25, -0.2) is 9.80 Å². The minimum atomic E-state index is -4.50. The van der Waals surface area contributed by atoms with Crippen LogP contribution >= 0.6 is 0 Å². The second-order valence-corrected chi connectivity index (χ2v) is 6.36. The minimum Gasteiger partial charge on any atom is -0.439 e. The van der Waals surface area contributed by atoms with Gasteiger partial charge in [0.25, 0.3) is 0 Å². The molecule has 0 aliphatic carbocycles. The van der Waals surface area contributed by atoms with Crippen molar-refractivity contribution in [1.82, 2.24) is 10.4 Å². The van der Waals surface area contributed by atoms with Gasteiger partial charge in [-0.15, -0.1) is 0 Å². The molecule has 2 aromatic rings. The van der Waals surface area contributed by atoms with Gasteiger partial charge in [0.1, 0.15) is 12.4 Å². The van der Waals surface area contributed by atoms with Crippen LogP contribution in [0.25, 0.3) is 0 Å². The fraction of sp³-hybridized carbons (Fsp3) is 0.150. The number of ether oxygens (including phenoxy) is 1. The Hall–Kier alpha value is -4.02. The number of benzene rings is 2. The van der Waals surface area contributed by atoms with E-state index in [9.17, 15) is 22.8 Å². The summed E-state index contributed by atoms with van der Waals surface area (Å²) < 4.78 is 44.0. The van der Waals surface area contributed by atoms with Crippen LogP contribution in [0.5, 0.6) is 5.75 Å². The Balaban J connectivity index is 1.59. The molecule has 31 heavy (non-hydrogen) atoms. The molecule has 3 amide bonds. The first-order chi connectivity index (χ1) is 14.7. The molecular formula is C20H18F3N5O3. The average Bonchev–Trinajstić information content (AvgIpc) is 2.70. The number of amides is 3. The average molecular weight is 433 g/mol. The zero-order valence-electron chi connectivity index (χ0n) is 16.2. The summed E-state index contributed by atoms with van der Waals surface area (Å²) in [6, 6.07) is 9.91. The molecule has 1 aliphatic rings. The van der Waals surface area contributed by atoms with Crippen molar-refractivity contribution >= 4 is 29.5 Å². The number of nitrogens with one attached hydrogen (secondary N) is 3. The lowest BCUT2D eigenvalue weighted by atomic mass is 10.2. The number of carbonyl (C=O) groups is 2. The second kappa shape index (κ2) is 9.20. The fourth-order valence-corrected chi connectivity index (χ4v) is 2.57. The van der Waals surface area contributed by atoms with Crippen molar-refractivity contribution in [2.24, 2.45) is 4.99 Å². The Labute approximate surface area is 175 Å². The number of urea groups is 1. The number of hydrogen-bond acceptors (Lipinski definition) is 5. The lowest BCUT2D eigenvalue weighted by molar-refractivity contribution is -0.137. The number of halogens is 3. The fourth-order valence-electron chi connectivity index (χ4n) is 2.57. The Morgan fingerprint density at radius 2 is 1.77 bits per heavy atom. The van der Waals surface area contributed by atoms with E-state index in [0.717, 1.165) is 12.1 Å². The van der Waals surface area contributed by atoms with E-state index in [4.69, 9.17) is 4.74 Å². The first-order valence-electron chi connectivity index (χ1n) is 8.99. The summed E-state index contributed by atoms with van der Waals surface area (Å²) >= 11 is 0. The van der Waals surface area contributed by atoms with E-state index >= 15 is 0 Å². The maximum Gasteiger partial charge on any atom is 0.416 e. The lowest BCUT2D eigenvalue weighted by Gasteiger charge is -2.26. The molecule has 0 saturated heterocycles. The lowest BCUT2D eigenvalue weighted by Crippen LogP contribution is -2.43. The zero-order chi connectivity index (χ0) is 22.4. The zero-order valence-corrected chi connectivity index (χ0v) is 16.2. The van der Waals surface area contributed by atoms with Crippen LogP contribution in [0, 0.1) is 0 Å². The van der Waals surface area contributed by atoms with E-state index in [2.05, 4.69) is 21.1 Å². The van der Waals surface area contributed by atoms with Gasteiger partial charge < -0.3 is 15.4 Å². The highest BCUT2D eigenvalue weighted by molar-refractivity contribution is 5.99. The molecule has 1 heterocycles. The maximum absolute atomic E-state index is 12.8. The summed E-state index contributed by atoms with van der Waals surface area (Å²) in [5, 5.41) is 6.31. The molecule has 0 fully saturated rings. The van der Waals surface area contributed by atoms with Crippen molar-refractivity contribution in [3.63, 3.8) is 0 Å². The normalized spacial score (nSPS) is 13.3. The summed E-state index contributed by atoms with van der Waals surface area (Å²) in [5.41, 5.74) is 2.13. The van der Waals surface area contributed by atoms with Gasteiger partial charge in [-0.1, -0.05) is 6.07 Å². The summed E-state index contributed by atoms with van der Waals surface area (Å²) in [6.07, 6.45) is -1.38. The number of allylic oxidation sites excluding steroid dienone is 1. The number of hydrazine groups is 1. The van der Waals surface area contributed by atoms with Crippen molar-refractivity contribution in [1.29, 1.82) is 0 Å². The number of aliphatic imine (C=N–C) groups is 1. The van der Waals surface area contributed by atoms with Gasteiger partial charge in [-0.05, 0) is 42.5 Å². The third kappa shape index (κ3) is 6.23. The molecule has 8 nitrogen and oxygen atoms in total. The molecule has 0 atom stereocenters. The van der Waals surface area contributed by atoms with E-state index in [1.165, 1.54) is 24.1 Å². The SMILES string of the molecule is CC(=O)NN1CN=CC=C1Oc1ccc(NC(=O)Nc2cccc(C(F)(F)F)c2)cc1. The molecular weight excluding hydrogens is 415 g/mol. The Morgan fingerprint density at radius 3 is 2.45 bits per heavy atom. The third-order valence-corrected chi connectivity index (χ3v) is 3.89. The van der Waals surface area contributed by atoms with Crippen LogP contribution < -0.4 is 20.8 Å². The number of hydrogen-bond donors (Lipinski definition) is 3.